The van der Waals surface area contributed by atoms with E-state index in [2.05, 4.69) is 10.5 Å². The van der Waals surface area contributed by atoms with E-state index < -0.39 is 5.91 Å². The number of nitrogens with one attached hydrogen (secondary N) is 1. The molecule has 0 saturated heterocycles. The minimum atomic E-state index is -0.415. The normalized spacial score (nSPS) is 10.6. The van der Waals surface area contributed by atoms with Crippen molar-refractivity contribution in [3.05, 3.63) is 96.2 Å². The lowest BCUT2D eigenvalue weighted by atomic mass is 10.1. The van der Waals surface area contributed by atoms with Crippen LogP contribution in [0.5, 0.6) is 11.5 Å². The summed E-state index contributed by atoms with van der Waals surface area (Å²) in [5.74, 6) is 0.821. The molecular formula is C26H21N5O3. The lowest BCUT2D eigenvalue weighted by Gasteiger charge is -2.04. The van der Waals surface area contributed by atoms with Gasteiger partial charge in [-0.15, -0.1) is 0 Å². The molecule has 4 rings (SSSR count). The SMILES string of the molecule is COc1ccc(-c2nn(-c3ccccc3)cc2/C=N/NC(=O)COc2ccc(C#N)cc2)cc1. The summed E-state index contributed by atoms with van der Waals surface area (Å²) < 4.78 is 12.4. The second-order valence-corrected chi connectivity index (χ2v) is 7.16. The molecule has 0 saturated carbocycles. The van der Waals surface area contributed by atoms with E-state index in [1.807, 2.05) is 66.9 Å². The van der Waals surface area contributed by atoms with Crippen molar-refractivity contribution >= 4 is 12.1 Å². The number of hydrazone groups is 1. The first-order valence-electron chi connectivity index (χ1n) is 10.4. The molecule has 1 aromatic heterocycles. The smallest absolute Gasteiger partial charge is 0.277 e. The van der Waals surface area contributed by atoms with Crippen molar-refractivity contribution in [3.8, 4) is 34.5 Å². The number of hydrogen-bond acceptors (Lipinski definition) is 6. The summed E-state index contributed by atoms with van der Waals surface area (Å²) in [4.78, 5) is 12.1. The Balaban J connectivity index is 1.48. The average molecular weight is 451 g/mol. The number of carbonyl (C=O) groups excluding carboxylic acids is 1. The highest BCUT2D eigenvalue weighted by Crippen LogP contribution is 2.25. The number of amides is 1. The Bertz CT molecular complexity index is 1320. The van der Waals surface area contributed by atoms with E-state index in [-0.39, 0.29) is 6.61 Å². The number of ether oxygens (including phenoxy) is 2. The maximum absolute atomic E-state index is 12.1. The number of methoxy groups -OCH3 is 1. The molecule has 0 aliphatic carbocycles. The Kier molecular flexibility index (Phi) is 6.96. The molecule has 0 aliphatic heterocycles. The van der Waals surface area contributed by atoms with E-state index in [0.29, 0.717) is 17.0 Å². The molecule has 8 heteroatoms. The highest BCUT2D eigenvalue weighted by Gasteiger charge is 2.12. The highest BCUT2D eigenvalue weighted by molar-refractivity contribution is 5.89. The standard InChI is InChI=1S/C26H21N5O3/c1-33-23-13-9-20(10-14-23)26-21(17-31(30-26)22-5-3-2-4-6-22)16-28-29-25(32)18-34-24-11-7-19(15-27)8-12-24/h2-14,16-17H,18H2,1H3,(H,29,32)/b28-16+. The molecule has 0 atom stereocenters. The lowest BCUT2D eigenvalue weighted by molar-refractivity contribution is -0.123. The van der Waals surface area contributed by atoms with Crippen LogP contribution in [0.1, 0.15) is 11.1 Å². The summed E-state index contributed by atoms with van der Waals surface area (Å²) in [6.07, 6.45) is 3.39. The number of nitriles is 1. The molecule has 1 amide bonds. The van der Waals surface area contributed by atoms with Crippen LogP contribution in [0.3, 0.4) is 0 Å². The van der Waals surface area contributed by atoms with Crippen LogP contribution in [-0.4, -0.2) is 35.6 Å². The molecular weight excluding hydrogens is 430 g/mol. The first-order chi connectivity index (χ1) is 16.7. The molecule has 0 unspecified atom stereocenters. The van der Waals surface area contributed by atoms with Gasteiger partial charge in [0, 0.05) is 17.3 Å². The monoisotopic (exact) mass is 451 g/mol. The van der Waals surface area contributed by atoms with E-state index in [4.69, 9.17) is 19.8 Å². The Labute approximate surface area is 196 Å². The van der Waals surface area contributed by atoms with Gasteiger partial charge in [-0.3, -0.25) is 4.79 Å². The molecule has 4 aromatic rings. The van der Waals surface area contributed by atoms with E-state index in [1.54, 1.807) is 42.3 Å². The molecule has 0 bridgehead atoms. The van der Waals surface area contributed by atoms with Crippen molar-refractivity contribution in [2.45, 2.75) is 0 Å². The van der Waals surface area contributed by atoms with E-state index in [9.17, 15) is 4.79 Å². The Morgan fingerprint density at radius 3 is 2.44 bits per heavy atom. The van der Waals surface area contributed by atoms with Crippen molar-refractivity contribution in [1.29, 1.82) is 5.26 Å². The van der Waals surface area contributed by atoms with Gasteiger partial charge in [0.15, 0.2) is 6.61 Å². The van der Waals surface area contributed by atoms with Gasteiger partial charge < -0.3 is 9.47 Å². The van der Waals surface area contributed by atoms with Crippen LogP contribution in [0.4, 0.5) is 0 Å². The van der Waals surface area contributed by atoms with Crippen molar-refractivity contribution in [1.82, 2.24) is 15.2 Å². The van der Waals surface area contributed by atoms with Crippen molar-refractivity contribution in [2.24, 2.45) is 5.10 Å². The van der Waals surface area contributed by atoms with Gasteiger partial charge in [-0.25, -0.2) is 10.1 Å². The van der Waals surface area contributed by atoms with E-state index in [0.717, 1.165) is 22.6 Å². The van der Waals surface area contributed by atoms with Crippen LogP contribution in [0.2, 0.25) is 0 Å². The molecule has 1 heterocycles. The fourth-order valence-electron chi connectivity index (χ4n) is 3.15. The largest absolute Gasteiger partial charge is 0.497 e. The summed E-state index contributed by atoms with van der Waals surface area (Å²) >= 11 is 0. The van der Waals surface area contributed by atoms with Crippen LogP contribution in [-0.2, 0) is 4.79 Å². The van der Waals surface area contributed by atoms with Gasteiger partial charge in [-0.1, -0.05) is 18.2 Å². The number of rotatable bonds is 8. The quantitative estimate of drug-likeness (QED) is 0.323. The van der Waals surface area contributed by atoms with Crippen molar-refractivity contribution < 1.29 is 14.3 Å². The van der Waals surface area contributed by atoms with Gasteiger partial charge in [0.2, 0.25) is 0 Å². The van der Waals surface area contributed by atoms with Crippen molar-refractivity contribution in [2.75, 3.05) is 13.7 Å². The summed E-state index contributed by atoms with van der Waals surface area (Å²) in [5.41, 5.74) is 6.20. The zero-order chi connectivity index (χ0) is 23.8. The molecule has 0 spiro atoms. The maximum atomic E-state index is 12.1. The van der Waals surface area contributed by atoms with Crippen LogP contribution in [0.25, 0.3) is 16.9 Å². The van der Waals surface area contributed by atoms with Crippen LogP contribution < -0.4 is 14.9 Å². The number of para-hydroxylation sites is 1. The zero-order valence-electron chi connectivity index (χ0n) is 18.4. The third-order valence-electron chi connectivity index (χ3n) is 4.87. The number of aromatic nitrogens is 2. The third kappa shape index (κ3) is 5.47. The van der Waals surface area contributed by atoms with Crippen LogP contribution in [0.15, 0.2) is 90.2 Å². The van der Waals surface area contributed by atoms with Gasteiger partial charge in [0.05, 0.1) is 30.6 Å². The van der Waals surface area contributed by atoms with Gasteiger partial charge in [0.1, 0.15) is 17.2 Å². The second-order valence-electron chi connectivity index (χ2n) is 7.16. The van der Waals surface area contributed by atoms with E-state index >= 15 is 0 Å². The van der Waals surface area contributed by atoms with Crippen molar-refractivity contribution in [3.63, 3.8) is 0 Å². The molecule has 34 heavy (non-hydrogen) atoms. The number of hydrogen-bond donors (Lipinski definition) is 1. The van der Waals surface area contributed by atoms with Crippen LogP contribution in [0, 0.1) is 11.3 Å². The van der Waals surface area contributed by atoms with Gasteiger partial charge in [0.25, 0.3) is 5.91 Å². The van der Waals surface area contributed by atoms with Gasteiger partial charge in [-0.05, 0) is 60.7 Å². The number of carbonyl (C=O) groups is 1. The topological polar surface area (TPSA) is 102 Å². The molecule has 168 valence electrons. The number of benzene rings is 3. The number of nitrogens with zero attached hydrogens (tertiary/aromatic N) is 4. The molecule has 8 nitrogen and oxygen atoms in total. The molecule has 0 radical (unpaired) electrons. The second kappa shape index (κ2) is 10.6. The predicted molar refractivity (Wildman–Crippen MR) is 128 cm³/mol. The minimum Gasteiger partial charge on any atom is -0.497 e. The molecule has 0 fully saturated rings. The highest BCUT2D eigenvalue weighted by atomic mass is 16.5. The fourth-order valence-corrected chi connectivity index (χ4v) is 3.15. The first-order valence-corrected chi connectivity index (χ1v) is 10.4. The van der Waals surface area contributed by atoms with Gasteiger partial charge >= 0.3 is 0 Å². The maximum Gasteiger partial charge on any atom is 0.277 e. The Morgan fingerprint density at radius 2 is 1.76 bits per heavy atom. The predicted octanol–water partition coefficient (Wildman–Crippen LogP) is 3.95. The molecule has 0 aliphatic rings. The third-order valence-corrected chi connectivity index (χ3v) is 4.87. The van der Waals surface area contributed by atoms with Crippen LogP contribution >= 0.6 is 0 Å². The summed E-state index contributed by atoms with van der Waals surface area (Å²) in [7, 11) is 1.62. The summed E-state index contributed by atoms with van der Waals surface area (Å²) in [6.45, 7) is -0.210. The van der Waals surface area contributed by atoms with Gasteiger partial charge in [-0.2, -0.15) is 15.5 Å². The molecule has 3 aromatic carbocycles. The Morgan fingerprint density at radius 1 is 1.06 bits per heavy atom. The zero-order valence-corrected chi connectivity index (χ0v) is 18.4. The Hall–Kier alpha value is -4.90. The first kappa shape index (κ1) is 22.3. The summed E-state index contributed by atoms with van der Waals surface area (Å²) in [6, 6.07) is 25.8. The average Bonchev–Trinajstić information content (AvgIpc) is 3.32. The lowest BCUT2D eigenvalue weighted by Crippen LogP contribution is -2.24. The molecule has 1 N–H and O–H groups in total. The minimum absolute atomic E-state index is 0.210. The van der Waals surface area contributed by atoms with E-state index in [1.165, 1.54) is 0 Å². The summed E-state index contributed by atoms with van der Waals surface area (Å²) in [5, 5.41) is 17.6. The fraction of sp³-hybridized carbons (Fsp3) is 0.0769.